The number of rotatable bonds is 13. The van der Waals surface area contributed by atoms with Gasteiger partial charge in [0.1, 0.15) is 6.29 Å². The Labute approximate surface area is 112 Å². The van der Waals surface area contributed by atoms with Gasteiger partial charge in [0.05, 0.1) is 6.10 Å². The number of aliphatic hydroxyl groups excluding tert-OH is 1. The molecule has 0 saturated carbocycles. The summed E-state index contributed by atoms with van der Waals surface area (Å²) in [4.78, 5) is 10.0. The van der Waals surface area contributed by atoms with Gasteiger partial charge in [0.25, 0.3) is 0 Å². The molecular weight excluding hydrogens is 224 g/mol. The number of allylic oxidation sites excluding steroid dienone is 1. The number of unbranched alkanes of at least 4 members (excludes halogenated alkanes) is 8. The normalized spacial score (nSPS) is 13.0. The molecule has 1 atom stereocenters. The van der Waals surface area contributed by atoms with E-state index in [1.165, 1.54) is 57.4 Å². The first-order chi connectivity index (χ1) is 8.81. The van der Waals surface area contributed by atoms with Crippen LogP contribution in [0, 0.1) is 0 Å². The second-order valence-electron chi connectivity index (χ2n) is 5.07. The van der Waals surface area contributed by atoms with E-state index in [-0.39, 0.29) is 6.10 Å². The highest BCUT2D eigenvalue weighted by atomic mass is 16.3. The predicted octanol–water partition coefficient (Wildman–Crippen LogP) is 4.41. The number of carbonyl (C=O) groups excluding carboxylic acids is 1. The van der Waals surface area contributed by atoms with Gasteiger partial charge in [-0.25, -0.2) is 0 Å². The van der Waals surface area contributed by atoms with Crippen molar-refractivity contribution in [2.24, 2.45) is 0 Å². The molecule has 2 heteroatoms. The van der Waals surface area contributed by atoms with Crippen LogP contribution in [0.5, 0.6) is 0 Å². The largest absolute Gasteiger partial charge is 0.393 e. The quantitative estimate of drug-likeness (QED) is 0.300. The molecule has 18 heavy (non-hydrogen) atoms. The molecule has 106 valence electrons. The second kappa shape index (κ2) is 14.4. The van der Waals surface area contributed by atoms with Crippen molar-refractivity contribution in [1.29, 1.82) is 0 Å². The summed E-state index contributed by atoms with van der Waals surface area (Å²) < 4.78 is 0. The van der Waals surface area contributed by atoms with E-state index in [4.69, 9.17) is 0 Å². The van der Waals surface area contributed by atoms with Gasteiger partial charge in [0, 0.05) is 0 Å². The summed E-state index contributed by atoms with van der Waals surface area (Å²) in [5.74, 6) is 0. The first-order valence-electron chi connectivity index (χ1n) is 7.59. The van der Waals surface area contributed by atoms with E-state index < -0.39 is 0 Å². The average Bonchev–Trinajstić information content (AvgIpc) is 2.37. The molecule has 0 rings (SSSR count). The van der Waals surface area contributed by atoms with Crippen LogP contribution in [0.15, 0.2) is 12.2 Å². The molecule has 0 aromatic heterocycles. The monoisotopic (exact) mass is 254 g/mol. The minimum Gasteiger partial charge on any atom is -0.393 e. The molecule has 0 bridgehead atoms. The van der Waals surface area contributed by atoms with Gasteiger partial charge >= 0.3 is 0 Å². The third-order valence-corrected chi connectivity index (χ3v) is 3.26. The Morgan fingerprint density at radius 1 is 0.944 bits per heavy atom. The zero-order valence-corrected chi connectivity index (χ0v) is 11.9. The van der Waals surface area contributed by atoms with Crippen molar-refractivity contribution >= 4 is 6.29 Å². The lowest BCUT2D eigenvalue weighted by Crippen LogP contribution is -2.04. The molecule has 1 unspecified atom stereocenters. The lowest BCUT2D eigenvalue weighted by molar-refractivity contribution is -0.104. The van der Waals surface area contributed by atoms with Crippen LogP contribution in [-0.2, 0) is 4.79 Å². The zero-order chi connectivity index (χ0) is 13.5. The van der Waals surface area contributed by atoms with Gasteiger partial charge in [-0.15, -0.1) is 0 Å². The van der Waals surface area contributed by atoms with Crippen LogP contribution in [-0.4, -0.2) is 17.5 Å². The van der Waals surface area contributed by atoms with Gasteiger partial charge in [-0.2, -0.15) is 0 Å². The lowest BCUT2D eigenvalue weighted by Gasteiger charge is -2.07. The van der Waals surface area contributed by atoms with Crippen molar-refractivity contribution in [2.45, 2.75) is 83.7 Å². The number of aldehydes is 1. The van der Waals surface area contributed by atoms with Crippen LogP contribution in [0.2, 0.25) is 0 Å². The summed E-state index contributed by atoms with van der Waals surface area (Å²) in [6.07, 6.45) is 16.9. The van der Waals surface area contributed by atoms with Gasteiger partial charge < -0.3 is 5.11 Å². The second-order valence-corrected chi connectivity index (χ2v) is 5.07. The molecule has 0 radical (unpaired) electrons. The molecule has 0 aliphatic carbocycles. The number of hydrogen-bond acceptors (Lipinski definition) is 2. The van der Waals surface area contributed by atoms with E-state index in [0.29, 0.717) is 6.42 Å². The fourth-order valence-corrected chi connectivity index (χ4v) is 2.10. The summed E-state index contributed by atoms with van der Waals surface area (Å²) in [5.41, 5.74) is 0. The highest BCUT2D eigenvalue weighted by molar-refractivity contribution is 5.64. The molecule has 0 aliphatic rings. The summed E-state index contributed by atoms with van der Waals surface area (Å²) in [5, 5.41) is 9.61. The molecule has 2 nitrogen and oxygen atoms in total. The van der Waals surface area contributed by atoms with E-state index in [2.05, 4.69) is 6.92 Å². The van der Waals surface area contributed by atoms with Crippen LogP contribution in [0.1, 0.15) is 77.6 Å². The van der Waals surface area contributed by atoms with E-state index in [0.717, 1.165) is 19.1 Å². The molecule has 0 aromatic rings. The molecule has 1 N–H and O–H groups in total. The third kappa shape index (κ3) is 13.4. The number of aliphatic hydroxyl groups is 1. The van der Waals surface area contributed by atoms with E-state index in [9.17, 15) is 9.90 Å². The van der Waals surface area contributed by atoms with Crippen LogP contribution >= 0.6 is 0 Å². The van der Waals surface area contributed by atoms with Crippen LogP contribution in [0.4, 0.5) is 0 Å². The van der Waals surface area contributed by atoms with Crippen molar-refractivity contribution in [3.8, 4) is 0 Å². The van der Waals surface area contributed by atoms with Crippen molar-refractivity contribution in [2.75, 3.05) is 0 Å². The van der Waals surface area contributed by atoms with E-state index in [1.54, 1.807) is 6.08 Å². The summed E-state index contributed by atoms with van der Waals surface area (Å²) in [6.45, 7) is 2.25. The Balaban J connectivity index is 3.14. The fourth-order valence-electron chi connectivity index (χ4n) is 2.10. The predicted molar refractivity (Wildman–Crippen MR) is 77.7 cm³/mol. The van der Waals surface area contributed by atoms with Crippen molar-refractivity contribution < 1.29 is 9.90 Å². The Morgan fingerprint density at radius 2 is 1.50 bits per heavy atom. The Morgan fingerprint density at radius 3 is 2.06 bits per heavy atom. The number of hydrogen-bond donors (Lipinski definition) is 1. The molecule has 0 aromatic carbocycles. The smallest absolute Gasteiger partial charge is 0.142 e. The minimum atomic E-state index is -0.272. The van der Waals surface area contributed by atoms with E-state index in [1.807, 2.05) is 0 Å². The van der Waals surface area contributed by atoms with Crippen molar-refractivity contribution in [3.05, 3.63) is 12.2 Å². The van der Waals surface area contributed by atoms with Crippen LogP contribution in [0.3, 0.4) is 0 Å². The van der Waals surface area contributed by atoms with Crippen LogP contribution < -0.4 is 0 Å². The van der Waals surface area contributed by atoms with Crippen LogP contribution in [0.25, 0.3) is 0 Å². The summed E-state index contributed by atoms with van der Waals surface area (Å²) in [6, 6.07) is 0. The molecule has 0 spiro atoms. The molecular formula is C16H30O2. The average molecular weight is 254 g/mol. The molecule has 0 amide bonds. The maximum atomic E-state index is 10.0. The first kappa shape index (κ1) is 17.4. The van der Waals surface area contributed by atoms with Crippen molar-refractivity contribution in [3.63, 3.8) is 0 Å². The van der Waals surface area contributed by atoms with Gasteiger partial charge in [-0.3, -0.25) is 4.79 Å². The Kier molecular flexibility index (Phi) is 13.9. The third-order valence-electron chi connectivity index (χ3n) is 3.26. The maximum absolute atomic E-state index is 10.0. The first-order valence-corrected chi connectivity index (χ1v) is 7.59. The summed E-state index contributed by atoms with van der Waals surface area (Å²) >= 11 is 0. The molecule has 0 fully saturated rings. The Hall–Kier alpha value is -0.630. The fraction of sp³-hybridized carbons (Fsp3) is 0.812. The summed E-state index contributed by atoms with van der Waals surface area (Å²) in [7, 11) is 0. The SMILES string of the molecule is CCCCCCCCCCCC(O)CC=CC=O. The highest BCUT2D eigenvalue weighted by Gasteiger charge is 2.00. The molecule has 0 aliphatic heterocycles. The number of carbonyl (C=O) groups is 1. The zero-order valence-electron chi connectivity index (χ0n) is 11.9. The molecule has 0 heterocycles. The van der Waals surface area contributed by atoms with Gasteiger partial charge in [0.15, 0.2) is 0 Å². The lowest BCUT2D eigenvalue weighted by atomic mass is 10.0. The van der Waals surface area contributed by atoms with Gasteiger partial charge in [-0.1, -0.05) is 70.8 Å². The maximum Gasteiger partial charge on any atom is 0.142 e. The topological polar surface area (TPSA) is 37.3 Å². The highest BCUT2D eigenvalue weighted by Crippen LogP contribution is 2.12. The Bertz CT molecular complexity index is 199. The van der Waals surface area contributed by atoms with Gasteiger partial charge in [0.2, 0.25) is 0 Å². The van der Waals surface area contributed by atoms with Gasteiger partial charge in [-0.05, 0) is 18.9 Å². The van der Waals surface area contributed by atoms with Crippen molar-refractivity contribution in [1.82, 2.24) is 0 Å². The minimum absolute atomic E-state index is 0.272. The standard InChI is InChI=1S/C16H30O2/c1-2-3-4-5-6-7-8-9-10-13-16(18)14-11-12-15-17/h11-12,15-16,18H,2-10,13-14H2,1H3. The van der Waals surface area contributed by atoms with E-state index >= 15 is 0 Å². The molecule has 0 saturated heterocycles.